The van der Waals surface area contributed by atoms with E-state index in [1.165, 1.54) is 0 Å². The van der Waals surface area contributed by atoms with Gasteiger partial charge >= 0.3 is 7.12 Å². The molecule has 0 unspecified atom stereocenters. The molecule has 2 saturated carbocycles. The van der Waals surface area contributed by atoms with Gasteiger partial charge in [0.15, 0.2) is 0 Å². The van der Waals surface area contributed by atoms with E-state index in [1.54, 1.807) is 0 Å². The Bertz CT molecular complexity index is 490. The first kappa shape index (κ1) is 16.0. The minimum atomic E-state index is -0.902. The smallest absolute Gasteiger partial charge is 0.398 e. The lowest BCUT2D eigenvalue weighted by Crippen LogP contribution is -2.41. The number of nitrogens with one attached hydrogen (secondary N) is 1. The summed E-state index contributed by atoms with van der Waals surface area (Å²) in [5.41, 5.74) is -0.605. The number of rotatable bonds is 4. The Labute approximate surface area is 132 Å². The van der Waals surface area contributed by atoms with Crippen LogP contribution in [0.25, 0.3) is 0 Å². The van der Waals surface area contributed by atoms with E-state index in [0.29, 0.717) is 25.3 Å². The predicted molar refractivity (Wildman–Crippen MR) is 82.7 cm³/mol. The Morgan fingerprint density at radius 3 is 2.27 bits per heavy atom. The van der Waals surface area contributed by atoms with E-state index < -0.39 is 18.3 Å². The zero-order valence-corrected chi connectivity index (χ0v) is 13.9. The molecule has 122 valence electrons. The molecule has 1 heterocycles. The van der Waals surface area contributed by atoms with E-state index in [1.807, 2.05) is 27.7 Å². The first-order valence-electron chi connectivity index (χ1n) is 8.20. The zero-order valence-electron chi connectivity index (χ0n) is 13.9. The van der Waals surface area contributed by atoms with E-state index in [9.17, 15) is 9.18 Å². The maximum Gasteiger partial charge on any atom is 0.525 e. The number of allylic oxidation sites excluding steroid dienone is 1. The van der Waals surface area contributed by atoms with Gasteiger partial charge in [-0.2, -0.15) is 0 Å². The van der Waals surface area contributed by atoms with Crippen LogP contribution in [0.3, 0.4) is 0 Å². The van der Waals surface area contributed by atoms with Crippen LogP contribution in [0.4, 0.5) is 4.39 Å². The number of hydrogen-bond acceptors (Lipinski definition) is 3. The normalized spacial score (nSPS) is 29.2. The van der Waals surface area contributed by atoms with Crippen molar-refractivity contribution in [2.75, 3.05) is 0 Å². The average molecular weight is 309 g/mol. The number of carbonyl (C=O) groups excluding carboxylic acids is 1. The summed E-state index contributed by atoms with van der Waals surface area (Å²) in [6, 6.07) is 0.393. The van der Waals surface area contributed by atoms with Crippen LogP contribution >= 0.6 is 0 Å². The lowest BCUT2D eigenvalue weighted by molar-refractivity contribution is -0.122. The standard InChI is InChI=1S/C16H25BFNO3/c1-15(2)16(3,4)22-17(21-15)14(18)11-7-10(8-11)9-13(20)19-12-5-6-12/h10,12H,5-9H2,1-4H3,(H,19,20). The number of carbonyl (C=O) groups is 1. The van der Waals surface area contributed by atoms with Crippen molar-refractivity contribution in [2.24, 2.45) is 5.92 Å². The summed E-state index contributed by atoms with van der Waals surface area (Å²) < 4.78 is 26.0. The van der Waals surface area contributed by atoms with Crippen molar-refractivity contribution in [3.05, 3.63) is 11.3 Å². The van der Waals surface area contributed by atoms with Gasteiger partial charge in [0.25, 0.3) is 0 Å². The van der Waals surface area contributed by atoms with Crippen molar-refractivity contribution in [1.29, 1.82) is 0 Å². The van der Waals surface area contributed by atoms with Crippen LogP contribution in [0.1, 0.15) is 59.8 Å². The van der Waals surface area contributed by atoms with E-state index in [-0.39, 0.29) is 17.6 Å². The van der Waals surface area contributed by atoms with Crippen LogP contribution in [0.5, 0.6) is 0 Å². The van der Waals surface area contributed by atoms with Crippen molar-refractivity contribution in [1.82, 2.24) is 5.32 Å². The van der Waals surface area contributed by atoms with Crippen LogP contribution < -0.4 is 5.32 Å². The van der Waals surface area contributed by atoms with Crippen LogP contribution in [0, 0.1) is 5.92 Å². The SMILES string of the molecule is CC1(C)OB(C(F)=C2CC(CC(=O)NC3CC3)C2)OC1(C)C. The van der Waals surface area contributed by atoms with Crippen LogP contribution in [-0.4, -0.2) is 30.3 Å². The van der Waals surface area contributed by atoms with Gasteiger partial charge in [0.2, 0.25) is 5.91 Å². The van der Waals surface area contributed by atoms with Crippen LogP contribution in [-0.2, 0) is 14.1 Å². The summed E-state index contributed by atoms with van der Waals surface area (Å²) >= 11 is 0. The highest BCUT2D eigenvalue weighted by Crippen LogP contribution is 2.43. The molecular formula is C16H25BFNO3. The summed E-state index contributed by atoms with van der Waals surface area (Å²) in [6.07, 6.45) is 3.95. The van der Waals surface area contributed by atoms with Crippen molar-refractivity contribution < 1.29 is 18.5 Å². The summed E-state index contributed by atoms with van der Waals surface area (Å²) in [5.74, 6) is 0.351. The third kappa shape index (κ3) is 3.09. The second-order valence-corrected chi connectivity index (χ2v) is 7.86. The summed E-state index contributed by atoms with van der Waals surface area (Å²) in [4.78, 5) is 11.7. The van der Waals surface area contributed by atoms with E-state index in [2.05, 4.69) is 5.32 Å². The van der Waals surface area contributed by atoms with E-state index >= 15 is 0 Å². The Morgan fingerprint density at radius 1 is 1.23 bits per heavy atom. The molecule has 0 atom stereocenters. The maximum atomic E-state index is 14.5. The molecule has 0 bridgehead atoms. The molecule has 1 saturated heterocycles. The molecule has 1 amide bonds. The largest absolute Gasteiger partial charge is 0.525 e. The molecular weight excluding hydrogens is 284 g/mol. The van der Waals surface area contributed by atoms with Gasteiger partial charge in [-0.1, -0.05) is 0 Å². The predicted octanol–water partition coefficient (Wildman–Crippen LogP) is 2.92. The minimum absolute atomic E-state index is 0.0996. The number of hydrogen-bond donors (Lipinski definition) is 1. The molecule has 0 spiro atoms. The Hall–Kier alpha value is -0.875. The van der Waals surface area contributed by atoms with Gasteiger partial charge in [-0.05, 0) is 64.9 Å². The van der Waals surface area contributed by atoms with Crippen molar-refractivity contribution in [2.45, 2.75) is 77.0 Å². The zero-order chi connectivity index (χ0) is 16.1. The second-order valence-electron chi connectivity index (χ2n) is 7.86. The van der Waals surface area contributed by atoms with Crippen molar-refractivity contribution in [3.63, 3.8) is 0 Å². The first-order valence-corrected chi connectivity index (χ1v) is 8.20. The molecule has 0 aromatic carbocycles. The molecule has 0 radical (unpaired) electrons. The summed E-state index contributed by atoms with van der Waals surface area (Å²) in [7, 11) is -0.902. The Kier molecular flexibility index (Phi) is 3.88. The highest BCUT2D eigenvalue weighted by atomic mass is 19.1. The number of amides is 1. The van der Waals surface area contributed by atoms with Gasteiger partial charge in [-0.25, -0.2) is 4.39 Å². The summed E-state index contributed by atoms with van der Waals surface area (Å²) in [6.45, 7) is 7.65. The van der Waals surface area contributed by atoms with Gasteiger partial charge in [-0.15, -0.1) is 0 Å². The average Bonchev–Trinajstić information content (AvgIpc) is 3.10. The van der Waals surface area contributed by atoms with E-state index in [0.717, 1.165) is 18.4 Å². The fourth-order valence-corrected chi connectivity index (χ4v) is 2.87. The quantitative estimate of drug-likeness (QED) is 0.812. The van der Waals surface area contributed by atoms with Crippen molar-refractivity contribution >= 4 is 13.0 Å². The molecule has 6 heteroatoms. The first-order chi connectivity index (χ1) is 10.2. The lowest BCUT2D eigenvalue weighted by atomic mass is 9.71. The third-order valence-electron chi connectivity index (χ3n) is 5.28. The molecule has 22 heavy (non-hydrogen) atoms. The van der Waals surface area contributed by atoms with Gasteiger partial charge in [-0.3, -0.25) is 4.79 Å². The Morgan fingerprint density at radius 2 is 1.77 bits per heavy atom. The van der Waals surface area contributed by atoms with Crippen molar-refractivity contribution in [3.8, 4) is 0 Å². The molecule has 1 N–H and O–H groups in total. The third-order valence-corrected chi connectivity index (χ3v) is 5.28. The fraction of sp³-hybridized carbons (Fsp3) is 0.812. The van der Waals surface area contributed by atoms with Gasteiger partial charge < -0.3 is 14.6 Å². The highest BCUT2D eigenvalue weighted by Gasteiger charge is 2.54. The number of halogens is 1. The second kappa shape index (κ2) is 5.34. The summed E-state index contributed by atoms with van der Waals surface area (Å²) in [5, 5.41) is 2.98. The molecule has 4 nitrogen and oxygen atoms in total. The molecule has 0 aromatic heterocycles. The maximum absolute atomic E-state index is 14.5. The van der Waals surface area contributed by atoms with Gasteiger partial charge in [0.05, 0.1) is 11.2 Å². The molecule has 3 rings (SSSR count). The fourth-order valence-electron chi connectivity index (χ4n) is 2.87. The molecule has 3 fully saturated rings. The molecule has 3 aliphatic rings. The highest BCUT2D eigenvalue weighted by molar-refractivity contribution is 6.53. The molecule has 1 aliphatic heterocycles. The van der Waals surface area contributed by atoms with Gasteiger partial charge in [0.1, 0.15) is 5.73 Å². The minimum Gasteiger partial charge on any atom is -0.398 e. The van der Waals surface area contributed by atoms with E-state index in [4.69, 9.17) is 9.31 Å². The van der Waals surface area contributed by atoms with Gasteiger partial charge in [0, 0.05) is 12.5 Å². The van der Waals surface area contributed by atoms with Crippen LogP contribution in [0.15, 0.2) is 11.3 Å². The van der Waals surface area contributed by atoms with Crippen LogP contribution in [0.2, 0.25) is 0 Å². The molecule has 2 aliphatic carbocycles. The monoisotopic (exact) mass is 309 g/mol. The Balaban J connectivity index is 1.52. The topological polar surface area (TPSA) is 47.6 Å². The lowest BCUT2D eigenvalue weighted by Gasteiger charge is -2.32. The molecule has 0 aromatic rings.